The van der Waals surface area contributed by atoms with Crippen LogP contribution in [-0.4, -0.2) is 36.6 Å². The van der Waals surface area contributed by atoms with Gasteiger partial charge in [0.2, 0.25) is 0 Å². The molecule has 2 nitrogen and oxygen atoms in total. The summed E-state index contributed by atoms with van der Waals surface area (Å²) in [6.45, 7) is 12.9. The molecule has 0 bridgehead atoms. The summed E-state index contributed by atoms with van der Waals surface area (Å²) in [6, 6.07) is 2.22. The highest BCUT2D eigenvalue weighted by Gasteiger charge is 2.30. The fourth-order valence-electron chi connectivity index (χ4n) is 2.96. The first-order valence-electron chi connectivity index (χ1n) is 7.81. The van der Waals surface area contributed by atoms with Crippen LogP contribution in [0.15, 0.2) is 0 Å². The Balaban J connectivity index is 2.38. The fraction of sp³-hybridized carbons (Fsp3) is 1.00. The molecular formula is C16H34N2. The molecule has 1 aliphatic rings. The van der Waals surface area contributed by atoms with E-state index in [2.05, 4.69) is 51.9 Å². The van der Waals surface area contributed by atoms with Crippen LogP contribution >= 0.6 is 0 Å². The number of nitrogens with one attached hydrogen (secondary N) is 1. The van der Waals surface area contributed by atoms with Crippen molar-refractivity contribution in [3.8, 4) is 0 Å². The molecule has 0 saturated heterocycles. The molecule has 18 heavy (non-hydrogen) atoms. The predicted molar refractivity (Wildman–Crippen MR) is 81.0 cm³/mol. The van der Waals surface area contributed by atoms with Gasteiger partial charge in [-0.05, 0) is 58.0 Å². The molecule has 0 radical (unpaired) electrons. The lowest BCUT2D eigenvalue weighted by Gasteiger charge is -2.43. The van der Waals surface area contributed by atoms with Crippen molar-refractivity contribution in [2.24, 2.45) is 5.41 Å². The lowest BCUT2D eigenvalue weighted by molar-refractivity contribution is 0.0726. The van der Waals surface area contributed by atoms with Gasteiger partial charge in [0.25, 0.3) is 0 Å². The van der Waals surface area contributed by atoms with Crippen molar-refractivity contribution >= 4 is 0 Å². The maximum absolute atomic E-state index is 3.67. The zero-order valence-electron chi connectivity index (χ0n) is 13.4. The summed E-state index contributed by atoms with van der Waals surface area (Å²) in [5, 5.41) is 3.67. The van der Waals surface area contributed by atoms with Gasteiger partial charge in [-0.2, -0.15) is 0 Å². The largest absolute Gasteiger partial charge is 0.314 e. The van der Waals surface area contributed by atoms with Crippen LogP contribution in [0.1, 0.15) is 66.7 Å². The molecule has 0 amide bonds. The molecule has 1 fully saturated rings. The molecule has 1 aliphatic carbocycles. The van der Waals surface area contributed by atoms with Crippen molar-refractivity contribution in [1.29, 1.82) is 0 Å². The van der Waals surface area contributed by atoms with E-state index in [1.54, 1.807) is 0 Å². The first kappa shape index (κ1) is 16.0. The van der Waals surface area contributed by atoms with E-state index in [4.69, 9.17) is 0 Å². The second-order valence-electron chi connectivity index (χ2n) is 7.17. The maximum atomic E-state index is 3.67. The van der Waals surface area contributed by atoms with Gasteiger partial charge >= 0.3 is 0 Å². The normalized spacial score (nSPS) is 27.5. The zero-order chi connectivity index (χ0) is 13.8. The second kappa shape index (κ2) is 6.91. The average Bonchev–Trinajstić information content (AvgIpc) is 2.34. The monoisotopic (exact) mass is 254 g/mol. The van der Waals surface area contributed by atoms with Crippen LogP contribution in [0.5, 0.6) is 0 Å². The first-order chi connectivity index (χ1) is 8.36. The summed E-state index contributed by atoms with van der Waals surface area (Å²) in [5.74, 6) is 0. The lowest BCUT2D eigenvalue weighted by atomic mass is 9.83. The minimum absolute atomic E-state index is 0.381. The molecule has 0 aromatic rings. The van der Waals surface area contributed by atoms with Crippen molar-refractivity contribution in [3.63, 3.8) is 0 Å². The van der Waals surface area contributed by atoms with Crippen molar-refractivity contribution in [2.75, 3.05) is 13.6 Å². The molecular weight excluding hydrogens is 220 g/mol. The third-order valence-electron chi connectivity index (χ3n) is 4.82. The third kappa shape index (κ3) is 4.55. The second-order valence-corrected chi connectivity index (χ2v) is 7.17. The Morgan fingerprint density at radius 3 is 2.17 bits per heavy atom. The van der Waals surface area contributed by atoms with Crippen LogP contribution in [0.2, 0.25) is 0 Å². The van der Waals surface area contributed by atoms with Crippen LogP contribution in [0, 0.1) is 5.41 Å². The van der Waals surface area contributed by atoms with Gasteiger partial charge in [-0.3, -0.25) is 0 Å². The van der Waals surface area contributed by atoms with E-state index in [0.29, 0.717) is 11.5 Å². The molecule has 1 rings (SSSR count). The molecule has 1 N–H and O–H groups in total. The van der Waals surface area contributed by atoms with Crippen LogP contribution in [-0.2, 0) is 0 Å². The van der Waals surface area contributed by atoms with Gasteiger partial charge in [-0.25, -0.2) is 0 Å². The summed E-state index contributed by atoms with van der Waals surface area (Å²) in [4.78, 5) is 2.62. The van der Waals surface area contributed by atoms with Gasteiger partial charge in [-0.15, -0.1) is 0 Å². The number of hydrogen-bond acceptors (Lipinski definition) is 2. The van der Waals surface area contributed by atoms with E-state index < -0.39 is 0 Å². The van der Waals surface area contributed by atoms with Crippen molar-refractivity contribution in [1.82, 2.24) is 10.2 Å². The van der Waals surface area contributed by atoms with Crippen LogP contribution in [0.3, 0.4) is 0 Å². The highest BCUT2D eigenvalue weighted by Crippen LogP contribution is 2.29. The molecule has 1 atom stereocenters. The Morgan fingerprint density at radius 1 is 1.17 bits per heavy atom. The van der Waals surface area contributed by atoms with Gasteiger partial charge in [0.1, 0.15) is 0 Å². The zero-order valence-corrected chi connectivity index (χ0v) is 13.4. The van der Waals surface area contributed by atoms with Gasteiger partial charge < -0.3 is 10.2 Å². The van der Waals surface area contributed by atoms with Crippen molar-refractivity contribution < 1.29 is 0 Å². The fourth-order valence-corrected chi connectivity index (χ4v) is 2.96. The van der Waals surface area contributed by atoms with E-state index in [9.17, 15) is 0 Å². The van der Waals surface area contributed by atoms with Gasteiger partial charge in [0, 0.05) is 18.1 Å². The van der Waals surface area contributed by atoms with E-state index in [1.807, 2.05) is 0 Å². The molecule has 0 spiro atoms. The highest BCUT2D eigenvalue weighted by molar-refractivity contribution is 4.86. The number of hydrogen-bond donors (Lipinski definition) is 1. The Bertz CT molecular complexity index is 224. The van der Waals surface area contributed by atoms with Gasteiger partial charge in [0.15, 0.2) is 0 Å². The Morgan fingerprint density at radius 2 is 1.72 bits per heavy atom. The smallest absolute Gasteiger partial charge is 0.0115 e. The summed E-state index contributed by atoms with van der Waals surface area (Å²) in [7, 11) is 2.32. The molecule has 0 aromatic carbocycles. The highest BCUT2D eigenvalue weighted by atomic mass is 15.2. The van der Waals surface area contributed by atoms with E-state index in [-0.39, 0.29) is 0 Å². The standard InChI is InChI=1S/C16H34N2/c1-7-12-17-14-8-10-15(11-9-14)18(6)13(2)16(3,4)5/h13-15,17H,7-12H2,1-6H3. The van der Waals surface area contributed by atoms with Crippen molar-refractivity contribution in [3.05, 3.63) is 0 Å². The summed E-state index contributed by atoms with van der Waals surface area (Å²) >= 11 is 0. The predicted octanol–water partition coefficient (Wildman–Crippen LogP) is 3.66. The molecule has 0 aliphatic heterocycles. The quantitative estimate of drug-likeness (QED) is 0.805. The molecule has 108 valence electrons. The van der Waals surface area contributed by atoms with Gasteiger partial charge in [-0.1, -0.05) is 27.7 Å². The number of rotatable bonds is 5. The SMILES string of the molecule is CCCNC1CCC(N(C)C(C)C(C)(C)C)CC1. The minimum Gasteiger partial charge on any atom is -0.314 e. The van der Waals surface area contributed by atoms with Crippen LogP contribution in [0.25, 0.3) is 0 Å². The average molecular weight is 254 g/mol. The molecule has 2 heteroatoms. The van der Waals surface area contributed by atoms with E-state index in [0.717, 1.165) is 12.1 Å². The van der Waals surface area contributed by atoms with E-state index in [1.165, 1.54) is 38.6 Å². The maximum Gasteiger partial charge on any atom is 0.0115 e. The molecule has 0 heterocycles. The summed E-state index contributed by atoms with van der Waals surface area (Å²) < 4.78 is 0. The van der Waals surface area contributed by atoms with Crippen LogP contribution in [0.4, 0.5) is 0 Å². The summed E-state index contributed by atoms with van der Waals surface area (Å²) in [5.41, 5.74) is 0.381. The van der Waals surface area contributed by atoms with Crippen molar-refractivity contribution in [2.45, 2.75) is 84.8 Å². The molecule has 1 unspecified atom stereocenters. The lowest BCUT2D eigenvalue weighted by Crippen LogP contribution is -2.48. The summed E-state index contributed by atoms with van der Waals surface area (Å²) in [6.07, 6.45) is 6.68. The van der Waals surface area contributed by atoms with E-state index >= 15 is 0 Å². The molecule has 0 aromatic heterocycles. The topological polar surface area (TPSA) is 15.3 Å². The minimum atomic E-state index is 0.381. The van der Waals surface area contributed by atoms with Crippen LogP contribution < -0.4 is 5.32 Å². The molecule has 1 saturated carbocycles. The van der Waals surface area contributed by atoms with Gasteiger partial charge in [0.05, 0.1) is 0 Å². The Hall–Kier alpha value is -0.0800. The number of nitrogens with zero attached hydrogens (tertiary/aromatic N) is 1. The first-order valence-corrected chi connectivity index (χ1v) is 7.81. The Labute approximate surface area is 115 Å². The third-order valence-corrected chi connectivity index (χ3v) is 4.82. The Kier molecular flexibility index (Phi) is 6.13.